The van der Waals surface area contributed by atoms with Crippen LogP contribution in [0.3, 0.4) is 0 Å². The van der Waals surface area contributed by atoms with Crippen LogP contribution in [-0.2, 0) is 4.79 Å². The van der Waals surface area contributed by atoms with Crippen molar-refractivity contribution in [1.82, 2.24) is 5.32 Å². The quantitative estimate of drug-likeness (QED) is 0.759. The number of amides is 1. The Morgan fingerprint density at radius 2 is 1.72 bits per heavy atom. The molecule has 1 atom stereocenters. The molecule has 0 bridgehead atoms. The highest BCUT2D eigenvalue weighted by molar-refractivity contribution is 5.84. The van der Waals surface area contributed by atoms with Gasteiger partial charge in [0, 0.05) is 6.04 Å². The Labute approximate surface area is 111 Å². The number of carbonyl (C=O) groups is 1. The average molecular weight is 252 g/mol. The van der Waals surface area contributed by atoms with E-state index < -0.39 is 5.54 Å². The minimum Gasteiger partial charge on any atom is -0.368 e. The summed E-state index contributed by atoms with van der Waals surface area (Å²) in [7, 11) is 0. The van der Waals surface area contributed by atoms with Crippen molar-refractivity contribution in [3.05, 3.63) is 0 Å². The third kappa shape index (κ3) is 3.05. The van der Waals surface area contributed by atoms with Crippen molar-refractivity contribution >= 4 is 5.91 Å². The van der Waals surface area contributed by atoms with E-state index in [1.165, 1.54) is 32.1 Å². The van der Waals surface area contributed by atoms with E-state index in [4.69, 9.17) is 5.73 Å². The number of nitrogens with one attached hydrogen (secondary N) is 1. The van der Waals surface area contributed by atoms with Gasteiger partial charge in [0.2, 0.25) is 5.91 Å². The standard InChI is InChI=1S/C15H28N2O/c1-14(2)8-5-9-15(11-10-14,13(16)18)17-12-6-3-4-7-12/h12,17H,3-11H2,1-2H3,(H2,16,18). The first-order valence-electron chi connectivity index (χ1n) is 7.51. The second-order valence-electron chi connectivity index (χ2n) is 7.09. The first kappa shape index (κ1) is 13.9. The van der Waals surface area contributed by atoms with E-state index in [9.17, 15) is 4.79 Å². The second-order valence-corrected chi connectivity index (χ2v) is 7.09. The Morgan fingerprint density at radius 3 is 2.33 bits per heavy atom. The molecule has 0 spiro atoms. The van der Waals surface area contributed by atoms with E-state index in [1.54, 1.807) is 0 Å². The molecule has 0 saturated heterocycles. The summed E-state index contributed by atoms with van der Waals surface area (Å²) in [5.74, 6) is -0.132. The van der Waals surface area contributed by atoms with Gasteiger partial charge in [0.15, 0.2) is 0 Å². The van der Waals surface area contributed by atoms with Crippen LogP contribution in [0.15, 0.2) is 0 Å². The van der Waals surface area contributed by atoms with Gasteiger partial charge in [-0.3, -0.25) is 4.79 Å². The van der Waals surface area contributed by atoms with Gasteiger partial charge in [-0.15, -0.1) is 0 Å². The fraction of sp³-hybridized carbons (Fsp3) is 0.933. The smallest absolute Gasteiger partial charge is 0.237 e. The van der Waals surface area contributed by atoms with Gasteiger partial charge in [0.05, 0.1) is 5.54 Å². The van der Waals surface area contributed by atoms with Gasteiger partial charge in [0.25, 0.3) is 0 Å². The highest BCUT2D eigenvalue weighted by atomic mass is 16.1. The molecule has 0 aromatic rings. The van der Waals surface area contributed by atoms with Crippen LogP contribution in [0.5, 0.6) is 0 Å². The maximum absolute atomic E-state index is 12.0. The van der Waals surface area contributed by atoms with Crippen molar-refractivity contribution in [2.45, 2.75) is 83.2 Å². The summed E-state index contributed by atoms with van der Waals surface area (Å²) in [6, 6.07) is 0.513. The first-order valence-corrected chi connectivity index (χ1v) is 7.51. The van der Waals surface area contributed by atoms with Gasteiger partial charge in [-0.25, -0.2) is 0 Å². The molecule has 3 nitrogen and oxygen atoms in total. The molecule has 2 aliphatic carbocycles. The van der Waals surface area contributed by atoms with Gasteiger partial charge in [0.1, 0.15) is 0 Å². The Morgan fingerprint density at radius 1 is 1.06 bits per heavy atom. The van der Waals surface area contributed by atoms with Crippen molar-refractivity contribution in [3.8, 4) is 0 Å². The topological polar surface area (TPSA) is 55.1 Å². The van der Waals surface area contributed by atoms with Crippen molar-refractivity contribution in [1.29, 1.82) is 0 Å². The van der Waals surface area contributed by atoms with Crippen LogP contribution in [-0.4, -0.2) is 17.5 Å². The van der Waals surface area contributed by atoms with Crippen LogP contribution in [0.1, 0.15) is 71.6 Å². The first-order chi connectivity index (χ1) is 8.44. The fourth-order valence-corrected chi connectivity index (χ4v) is 3.59. The molecule has 3 heteroatoms. The third-order valence-corrected chi connectivity index (χ3v) is 4.99. The van der Waals surface area contributed by atoms with Gasteiger partial charge in [-0.05, 0) is 43.9 Å². The summed E-state index contributed by atoms with van der Waals surface area (Å²) in [4.78, 5) is 12.0. The predicted octanol–water partition coefficient (Wildman–Crippen LogP) is 2.73. The summed E-state index contributed by atoms with van der Waals surface area (Å²) < 4.78 is 0. The number of rotatable bonds is 3. The second kappa shape index (κ2) is 5.20. The largest absolute Gasteiger partial charge is 0.368 e. The van der Waals surface area contributed by atoms with Crippen molar-refractivity contribution in [2.24, 2.45) is 11.1 Å². The number of hydrogen-bond donors (Lipinski definition) is 2. The molecule has 104 valence electrons. The Hall–Kier alpha value is -0.570. The summed E-state index contributed by atoms with van der Waals surface area (Å²) in [5.41, 5.74) is 5.66. The molecule has 1 amide bonds. The summed E-state index contributed by atoms with van der Waals surface area (Å²) in [6.07, 6.45) is 10.2. The van der Waals surface area contributed by atoms with Gasteiger partial charge < -0.3 is 11.1 Å². The molecule has 0 radical (unpaired) electrons. The van der Waals surface area contributed by atoms with E-state index in [1.807, 2.05) is 0 Å². The van der Waals surface area contributed by atoms with Crippen LogP contribution in [0.4, 0.5) is 0 Å². The number of primary amides is 1. The molecule has 0 aromatic carbocycles. The summed E-state index contributed by atoms with van der Waals surface area (Å²) in [6.45, 7) is 4.61. The normalized spacial score (nSPS) is 33.2. The monoisotopic (exact) mass is 252 g/mol. The van der Waals surface area contributed by atoms with Crippen LogP contribution in [0, 0.1) is 5.41 Å². The van der Waals surface area contributed by atoms with Gasteiger partial charge in [-0.2, -0.15) is 0 Å². The van der Waals surface area contributed by atoms with Gasteiger partial charge in [-0.1, -0.05) is 33.1 Å². The zero-order valence-electron chi connectivity index (χ0n) is 11.9. The lowest BCUT2D eigenvalue weighted by molar-refractivity contribution is -0.125. The molecule has 0 aromatic heterocycles. The van der Waals surface area contributed by atoms with Crippen LogP contribution < -0.4 is 11.1 Å². The van der Waals surface area contributed by atoms with Crippen molar-refractivity contribution in [3.63, 3.8) is 0 Å². The molecule has 18 heavy (non-hydrogen) atoms. The lowest BCUT2D eigenvalue weighted by Gasteiger charge is -2.34. The molecule has 0 aliphatic heterocycles. The summed E-state index contributed by atoms with van der Waals surface area (Å²) in [5, 5.41) is 3.63. The highest BCUT2D eigenvalue weighted by Crippen LogP contribution is 2.38. The molecular weight excluding hydrogens is 224 g/mol. The Bertz CT molecular complexity index is 308. The maximum Gasteiger partial charge on any atom is 0.237 e. The summed E-state index contributed by atoms with van der Waals surface area (Å²) >= 11 is 0. The van der Waals surface area contributed by atoms with E-state index in [2.05, 4.69) is 19.2 Å². The molecule has 2 aliphatic rings. The Kier molecular flexibility index (Phi) is 4.00. The molecule has 0 heterocycles. The maximum atomic E-state index is 12.0. The van der Waals surface area contributed by atoms with E-state index in [0.717, 1.165) is 25.7 Å². The minimum atomic E-state index is -0.428. The SMILES string of the molecule is CC1(C)CCCC(NC2CCCC2)(C(N)=O)CC1. The van der Waals surface area contributed by atoms with E-state index in [-0.39, 0.29) is 5.91 Å². The lowest BCUT2D eigenvalue weighted by atomic mass is 9.83. The third-order valence-electron chi connectivity index (χ3n) is 4.99. The van der Waals surface area contributed by atoms with Gasteiger partial charge >= 0.3 is 0 Å². The predicted molar refractivity (Wildman–Crippen MR) is 74.2 cm³/mol. The molecule has 3 N–H and O–H groups in total. The van der Waals surface area contributed by atoms with Crippen LogP contribution in [0.25, 0.3) is 0 Å². The molecular formula is C15H28N2O. The van der Waals surface area contributed by atoms with Crippen molar-refractivity contribution in [2.75, 3.05) is 0 Å². The lowest BCUT2D eigenvalue weighted by Crippen LogP contribution is -2.58. The molecule has 2 fully saturated rings. The molecule has 2 rings (SSSR count). The number of nitrogens with two attached hydrogens (primary N) is 1. The Balaban J connectivity index is 2.08. The van der Waals surface area contributed by atoms with E-state index >= 15 is 0 Å². The number of hydrogen-bond acceptors (Lipinski definition) is 2. The average Bonchev–Trinajstić information content (AvgIpc) is 2.72. The van der Waals surface area contributed by atoms with E-state index in [0.29, 0.717) is 11.5 Å². The van der Waals surface area contributed by atoms with Crippen LogP contribution in [0.2, 0.25) is 0 Å². The van der Waals surface area contributed by atoms with Crippen molar-refractivity contribution < 1.29 is 4.79 Å². The zero-order valence-corrected chi connectivity index (χ0v) is 11.9. The zero-order chi connectivity index (χ0) is 13.2. The minimum absolute atomic E-state index is 0.132. The fourth-order valence-electron chi connectivity index (χ4n) is 3.59. The van der Waals surface area contributed by atoms with Crippen LogP contribution >= 0.6 is 0 Å². The molecule has 2 saturated carbocycles. The number of carbonyl (C=O) groups excluding carboxylic acids is 1. The highest BCUT2D eigenvalue weighted by Gasteiger charge is 2.41. The molecule has 1 unspecified atom stereocenters.